The Morgan fingerprint density at radius 2 is 2.33 bits per heavy atom. The van der Waals surface area contributed by atoms with E-state index in [2.05, 4.69) is 16.3 Å². The Hall–Kier alpha value is -2.15. The van der Waals surface area contributed by atoms with Gasteiger partial charge in [0.25, 0.3) is 0 Å². The second-order valence-electron chi connectivity index (χ2n) is 4.77. The topological polar surface area (TPSA) is 75.6 Å². The fourth-order valence-corrected chi connectivity index (χ4v) is 2.96. The first kappa shape index (κ1) is 13.8. The first-order valence-electron chi connectivity index (χ1n) is 6.77. The van der Waals surface area contributed by atoms with Crippen molar-refractivity contribution in [2.24, 2.45) is 0 Å². The molecular weight excluding hydrogens is 290 g/mol. The van der Waals surface area contributed by atoms with E-state index >= 15 is 0 Å². The van der Waals surface area contributed by atoms with Crippen LogP contribution in [0.25, 0.3) is 0 Å². The van der Waals surface area contributed by atoms with Crippen LogP contribution in [-0.4, -0.2) is 33.1 Å². The van der Waals surface area contributed by atoms with Gasteiger partial charge in [-0.15, -0.1) is 0 Å². The summed E-state index contributed by atoms with van der Waals surface area (Å²) in [6.07, 6.45) is 0.900. The molecule has 0 amide bonds. The van der Waals surface area contributed by atoms with Crippen LogP contribution in [0.2, 0.25) is 0 Å². The zero-order valence-corrected chi connectivity index (χ0v) is 12.3. The maximum Gasteiger partial charge on any atom is 0.346 e. The van der Waals surface area contributed by atoms with Gasteiger partial charge in [-0.25, -0.2) is 9.78 Å². The number of aromatic nitrogens is 2. The molecule has 3 rings (SSSR count). The Kier molecular flexibility index (Phi) is 3.74. The Labute approximate surface area is 126 Å². The number of benzene rings is 1. The Morgan fingerprint density at radius 1 is 1.52 bits per heavy atom. The lowest BCUT2D eigenvalue weighted by atomic mass is 10.2. The van der Waals surface area contributed by atoms with Crippen LogP contribution in [0.4, 0.5) is 10.8 Å². The number of fused-ring (bicyclic) bond motifs is 1. The van der Waals surface area contributed by atoms with Crippen LogP contribution < -0.4 is 9.64 Å². The summed E-state index contributed by atoms with van der Waals surface area (Å²) in [7, 11) is 0. The molecule has 21 heavy (non-hydrogen) atoms. The lowest BCUT2D eigenvalue weighted by Crippen LogP contribution is -2.42. The van der Waals surface area contributed by atoms with Gasteiger partial charge in [-0.2, -0.15) is 4.37 Å². The van der Waals surface area contributed by atoms with Crippen LogP contribution in [0.15, 0.2) is 24.3 Å². The summed E-state index contributed by atoms with van der Waals surface area (Å²) in [5.41, 5.74) is 0.828. The average molecular weight is 305 g/mol. The van der Waals surface area contributed by atoms with Crippen LogP contribution in [0.1, 0.15) is 19.2 Å². The molecule has 1 N–H and O–H groups in total. The molecule has 110 valence electrons. The van der Waals surface area contributed by atoms with Gasteiger partial charge in [0.1, 0.15) is 11.6 Å². The maximum absolute atomic E-state index is 11.3. The summed E-state index contributed by atoms with van der Waals surface area (Å²) in [4.78, 5) is 17.6. The summed E-state index contributed by atoms with van der Waals surface area (Å²) in [5.74, 6) is 0.379. The minimum Gasteiger partial charge on any atom is -0.478 e. The van der Waals surface area contributed by atoms with Gasteiger partial charge in [0.05, 0.1) is 12.2 Å². The minimum absolute atomic E-state index is 0.229. The van der Waals surface area contributed by atoms with Crippen LogP contribution in [0.5, 0.6) is 5.75 Å². The molecule has 2 aromatic rings. The van der Waals surface area contributed by atoms with E-state index in [1.54, 1.807) is 6.07 Å². The molecule has 1 aromatic heterocycles. The number of aliphatic carboxylic acids is 1. The molecule has 1 aliphatic heterocycles. The number of carboxylic acids is 1. The summed E-state index contributed by atoms with van der Waals surface area (Å²) >= 11 is 1.29. The number of carbonyl (C=O) groups is 1. The quantitative estimate of drug-likeness (QED) is 0.935. The Morgan fingerprint density at radius 3 is 3.10 bits per heavy atom. The predicted octanol–water partition coefficient (Wildman–Crippen LogP) is 2.47. The van der Waals surface area contributed by atoms with Gasteiger partial charge in [-0.1, -0.05) is 19.1 Å². The van der Waals surface area contributed by atoms with Gasteiger partial charge in [0.15, 0.2) is 0 Å². The van der Waals surface area contributed by atoms with E-state index in [9.17, 15) is 9.90 Å². The van der Waals surface area contributed by atoms with Crippen molar-refractivity contribution in [1.29, 1.82) is 0 Å². The average Bonchev–Trinajstić information content (AvgIpc) is 2.95. The van der Waals surface area contributed by atoms with E-state index in [0.717, 1.165) is 24.4 Å². The third-order valence-corrected chi connectivity index (χ3v) is 3.99. The fourth-order valence-electron chi connectivity index (χ4n) is 2.22. The molecule has 2 heterocycles. The second kappa shape index (κ2) is 5.69. The molecular formula is C14H15N3O3S. The van der Waals surface area contributed by atoms with Crippen LogP contribution in [0, 0.1) is 0 Å². The minimum atomic E-state index is -0.979. The van der Waals surface area contributed by atoms with Crippen molar-refractivity contribution in [3.8, 4) is 5.75 Å². The SMILES string of the molecule is CCCc1nsc(N2CC(C(=O)O)Oc3ccccc32)n1. The molecule has 1 aliphatic rings. The van der Waals surface area contributed by atoms with Crippen LogP contribution >= 0.6 is 11.5 Å². The molecule has 0 bridgehead atoms. The number of aryl methyl sites for hydroxylation is 1. The molecule has 6 nitrogen and oxygen atoms in total. The van der Waals surface area contributed by atoms with Gasteiger partial charge in [0.2, 0.25) is 11.2 Å². The van der Waals surface area contributed by atoms with Gasteiger partial charge in [-0.3, -0.25) is 0 Å². The van der Waals surface area contributed by atoms with Gasteiger partial charge in [-0.05, 0) is 18.6 Å². The molecule has 1 unspecified atom stereocenters. The molecule has 0 aliphatic carbocycles. The van der Waals surface area contributed by atoms with E-state index in [4.69, 9.17) is 4.74 Å². The molecule has 1 aromatic carbocycles. The zero-order chi connectivity index (χ0) is 14.8. The van der Waals surface area contributed by atoms with Crippen molar-refractivity contribution >= 4 is 28.3 Å². The highest BCUT2D eigenvalue weighted by atomic mass is 32.1. The third kappa shape index (κ3) is 2.69. The standard InChI is InChI=1S/C14H15N3O3S/c1-2-5-12-15-14(21-16-12)17-8-11(13(18)19)20-10-7-4-3-6-9(10)17/h3-4,6-7,11H,2,5,8H2,1H3,(H,18,19). The van der Waals surface area contributed by atoms with Crippen molar-refractivity contribution in [2.45, 2.75) is 25.9 Å². The summed E-state index contributed by atoms with van der Waals surface area (Å²) in [5, 5.41) is 9.94. The zero-order valence-electron chi connectivity index (χ0n) is 11.5. The number of carboxylic acid groups (broad SMARTS) is 1. The molecule has 0 saturated carbocycles. The first-order chi connectivity index (χ1) is 10.2. The van der Waals surface area contributed by atoms with E-state index in [-0.39, 0.29) is 6.54 Å². The summed E-state index contributed by atoms with van der Waals surface area (Å²) in [6.45, 7) is 2.30. The lowest BCUT2D eigenvalue weighted by molar-refractivity contribution is -0.144. The van der Waals surface area contributed by atoms with Crippen molar-refractivity contribution in [3.63, 3.8) is 0 Å². The summed E-state index contributed by atoms with van der Waals surface area (Å²) in [6, 6.07) is 7.38. The van der Waals surface area contributed by atoms with Gasteiger partial charge in [0, 0.05) is 18.0 Å². The van der Waals surface area contributed by atoms with Crippen molar-refractivity contribution in [3.05, 3.63) is 30.1 Å². The van der Waals surface area contributed by atoms with Crippen LogP contribution in [-0.2, 0) is 11.2 Å². The van der Waals surface area contributed by atoms with Crippen molar-refractivity contribution < 1.29 is 14.6 Å². The number of rotatable bonds is 4. The normalized spacial score (nSPS) is 17.2. The fraction of sp³-hybridized carbons (Fsp3) is 0.357. The number of para-hydroxylation sites is 2. The molecule has 0 fully saturated rings. The summed E-state index contributed by atoms with van der Waals surface area (Å²) < 4.78 is 9.84. The molecule has 0 radical (unpaired) electrons. The highest BCUT2D eigenvalue weighted by Gasteiger charge is 2.32. The van der Waals surface area contributed by atoms with E-state index in [1.165, 1.54) is 11.5 Å². The maximum atomic E-state index is 11.3. The number of hydrogen-bond donors (Lipinski definition) is 1. The van der Waals surface area contributed by atoms with Crippen molar-refractivity contribution in [1.82, 2.24) is 9.36 Å². The molecule has 1 atom stereocenters. The molecule has 7 heteroatoms. The van der Waals surface area contributed by atoms with Gasteiger partial charge >= 0.3 is 5.97 Å². The highest BCUT2D eigenvalue weighted by molar-refractivity contribution is 7.09. The second-order valence-corrected chi connectivity index (χ2v) is 5.50. The van der Waals surface area contributed by atoms with E-state index < -0.39 is 12.1 Å². The van der Waals surface area contributed by atoms with Gasteiger partial charge < -0.3 is 14.7 Å². The third-order valence-electron chi connectivity index (χ3n) is 3.21. The molecule has 0 saturated heterocycles. The first-order valence-corrected chi connectivity index (χ1v) is 7.55. The number of anilines is 2. The predicted molar refractivity (Wildman–Crippen MR) is 79.4 cm³/mol. The van der Waals surface area contributed by atoms with Crippen LogP contribution in [0.3, 0.4) is 0 Å². The smallest absolute Gasteiger partial charge is 0.346 e. The number of ether oxygens (including phenoxy) is 1. The molecule has 0 spiro atoms. The van der Waals surface area contributed by atoms with E-state index in [0.29, 0.717) is 10.9 Å². The lowest BCUT2D eigenvalue weighted by Gasteiger charge is -2.32. The monoisotopic (exact) mass is 305 g/mol. The largest absolute Gasteiger partial charge is 0.478 e. The van der Waals surface area contributed by atoms with E-state index in [1.807, 2.05) is 23.1 Å². The Bertz CT molecular complexity index is 658. The number of hydrogen-bond acceptors (Lipinski definition) is 6. The van der Waals surface area contributed by atoms with Crippen molar-refractivity contribution in [2.75, 3.05) is 11.4 Å². The Balaban J connectivity index is 1.97. The number of nitrogens with zero attached hydrogens (tertiary/aromatic N) is 3. The highest BCUT2D eigenvalue weighted by Crippen LogP contribution is 2.38.